The van der Waals surface area contributed by atoms with Gasteiger partial charge in [0.1, 0.15) is 5.75 Å². The first-order chi connectivity index (χ1) is 14.8. The van der Waals surface area contributed by atoms with E-state index in [0.29, 0.717) is 12.5 Å². The summed E-state index contributed by atoms with van der Waals surface area (Å²) in [6.07, 6.45) is 5.39. The highest BCUT2D eigenvalue weighted by Gasteiger charge is 2.25. The summed E-state index contributed by atoms with van der Waals surface area (Å²) in [7, 11) is 0.716. The lowest BCUT2D eigenvalue weighted by atomic mass is 9.82. The molecule has 1 heterocycles. The zero-order valence-corrected chi connectivity index (χ0v) is 19.5. The molecule has 31 heavy (non-hydrogen) atoms. The maximum Gasteiger partial charge on any atom is 0.210 e. The van der Waals surface area contributed by atoms with Gasteiger partial charge in [0.05, 0.1) is 19.5 Å². The van der Waals surface area contributed by atoms with Crippen LogP contribution >= 0.6 is 0 Å². The Morgan fingerprint density at radius 1 is 1.23 bits per heavy atom. The molecule has 0 saturated carbocycles. The van der Waals surface area contributed by atoms with Crippen LogP contribution in [0.5, 0.6) is 5.75 Å². The molecule has 7 heteroatoms. The second-order valence-electron chi connectivity index (χ2n) is 8.87. The summed E-state index contributed by atoms with van der Waals surface area (Å²) in [6, 6.07) is 12.8. The smallest absolute Gasteiger partial charge is 0.210 e. The van der Waals surface area contributed by atoms with Crippen molar-refractivity contribution in [2.75, 3.05) is 33.5 Å². The molecule has 2 aromatic carbocycles. The number of methoxy groups -OCH3 is 1. The van der Waals surface area contributed by atoms with Gasteiger partial charge in [-0.25, -0.2) is 8.42 Å². The SMILES string of the molecule is COc1cccc2c1CCC[C@H]2CN(C)CCc1ccc2c(c1)CNC2NS(C)(=O)=O. The molecule has 6 nitrogen and oxygen atoms in total. The lowest BCUT2D eigenvalue weighted by Gasteiger charge is -2.30. The van der Waals surface area contributed by atoms with Crippen LogP contribution in [0.15, 0.2) is 36.4 Å². The summed E-state index contributed by atoms with van der Waals surface area (Å²) in [5.41, 5.74) is 6.33. The zero-order chi connectivity index (χ0) is 22.0. The number of nitrogens with zero attached hydrogens (tertiary/aromatic N) is 1. The van der Waals surface area contributed by atoms with Gasteiger partial charge >= 0.3 is 0 Å². The number of rotatable bonds is 8. The number of fused-ring (bicyclic) bond motifs is 2. The summed E-state index contributed by atoms with van der Waals surface area (Å²) < 4.78 is 31.3. The third-order valence-corrected chi connectivity index (χ3v) is 7.13. The standard InChI is InChI=1S/C24H33N3O3S/c1-27(16-18-6-4-8-22-20(18)7-5-9-23(22)30-2)13-12-17-10-11-21-19(14-17)15-25-24(21)26-31(3,28)29/h5,7,9-11,14,18,24-26H,4,6,8,12-13,15-16H2,1-3H3/t18-,24?/m0/s1. The van der Waals surface area contributed by atoms with Gasteiger partial charge in [0, 0.05) is 19.6 Å². The van der Waals surface area contributed by atoms with Crippen LogP contribution in [0, 0.1) is 0 Å². The van der Waals surface area contributed by atoms with Crippen molar-refractivity contribution in [2.24, 2.45) is 0 Å². The van der Waals surface area contributed by atoms with E-state index in [9.17, 15) is 8.42 Å². The van der Waals surface area contributed by atoms with Crippen LogP contribution in [0.25, 0.3) is 0 Å². The van der Waals surface area contributed by atoms with Crippen molar-refractivity contribution < 1.29 is 13.2 Å². The molecule has 0 bridgehead atoms. The lowest BCUT2D eigenvalue weighted by Crippen LogP contribution is -2.33. The second kappa shape index (κ2) is 9.28. The first-order valence-electron chi connectivity index (χ1n) is 11.0. The molecule has 2 aromatic rings. The summed E-state index contributed by atoms with van der Waals surface area (Å²) in [6.45, 7) is 2.73. The molecule has 2 atom stereocenters. The number of ether oxygens (including phenoxy) is 1. The Morgan fingerprint density at radius 2 is 2.06 bits per heavy atom. The van der Waals surface area contributed by atoms with E-state index < -0.39 is 10.0 Å². The quantitative estimate of drug-likeness (QED) is 0.657. The summed E-state index contributed by atoms with van der Waals surface area (Å²) in [5.74, 6) is 1.58. The number of likely N-dealkylation sites (N-methyl/N-ethyl adjacent to an activating group) is 1. The van der Waals surface area contributed by atoms with Crippen molar-refractivity contribution in [2.45, 2.75) is 44.3 Å². The van der Waals surface area contributed by atoms with Crippen LogP contribution in [0.3, 0.4) is 0 Å². The molecular formula is C24H33N3O3S. The van der Waals surface area contributed by atoms with Crippen LogP contribution in [-0.4, -0.2) is 46.8 Å². The van der Waals surface area contributed by atoms with Crippen LogP contribution in [-0.2, 0) is 29.4 Å². The van der Waals surface area contributed by atoms with E-state index >= 15 is 0 Å². The molecule has 1 aliphatic heterocycles. The van der Waals surface area contributed by atoms with Gasteiger partial charge in [-0.1, -0.05) is 30.3 Å². The zero-order valence-electron chi connectivity index (χ0n) is 18.6. The van der Waals surface area contributed by atoms with Crippen molar-refractivity contribution in [3.8, 4) is 5.75 Å². The van der Waals surface area contributed by atoms with Crippen LogP contribution in [0.1, 0.15) is 52.7 Å². The third kappa shape index (κ3) is 5.29. The van der Waals surface area contributed by atoms with Crippen molar-refractivity contribution >= 4 is 10.0 Å². The fourth-order valence-corrected chi connectivity index (χ4v) is 5.61. The lowest BCUT2D eigenvalue weighted by molar-refractivity contribution is 0.299. The molecule has 2 N–H and O–H groups in total. The van der Waals surface area contributed by atoms with Gasteiger partial charge in [0.15, 0.2) is 0 Å². The molecule has 0 saturated heterocycles. The fourth-order valence-electron chi connectivity index (χ4n) is 4.97. The van der Waals surface area contributed by atoms with Gasteiger partial charge in [-0.2, -0.15) is 4.72 Å². The number of nitrogens with one attached hydrogen (secondary N) is 2. The minimum absolute atomic E-state index is 0.329. The number of sulfonamides is 1. The molecular weight excluding hydrogens is 410 g/mol. The van der Waals surface area contributed by atoms with E-state index in [2.05, 4.69) is 58.4 Å². The van der Waals surface area contributed by atoms with E-state index in [4.69, 9.17) is 4.74 Å². The number of benzene rings is 2. The maximum absolute atomic E-state index is 11.6. The Hall–Kier alpha value is -1.93. The summed E-state index contributed by atoms with van der Waals surface area (Å²) >= 11 is 0. The first kappa shape index (κ1) is 22.3. The van der Waals surface area contributed by atoms with E-state index in [1.807, 2.05) is 0 Å². The number of hydrogen-bond donors (Lipinski definition) is 2. The normalized spacial score (nSPS) is 20.5. The van der Waals surface area contributed by atoms with Crippen LogP contribution in [0.4, 0.5) is 0 Å². The van der Waals surface area contributed by atoms with Crippen molar-refractivity contribution in [3.05, 3.63) is 64.2 Å². The minimum atomic E-state index is -3.25. The molecule has 0 radical (unpaired) electrons. The largest absolute Gasteiger partial charge is 0.496 e. The fraction of sp³-hybridized carbons (Fsp3) is 0.500. The second-order valence-corrected chi connectivity index (χ2v) is 10.6. The van der Waals surface area contributed by atoms with Gasteiger partial charge in [0.25, 0.3) is 0 Å². The van der Waals surface area contributed by atoms with Crippen molar-refractivity contribution in [3.63, 3.8) is 0 Å². The minimum Gasteiger partial charge on any atom is -0.496 e. The molecule has 4 rings (SSSR count). The van der Waals surface area contributed by atoms with Gasteiger partial charge in [-0.3, -0.25) is 5.32 Å². The molecule has 0 spiro atoms. The van der Waals surface area contributed by atoms with Crippen LogP contribution in [0.2, 0.25) is 0 Å². The summed E-state index contributed by atoms with van der Waals surface area (Å²) in [4.78, 5) is 2.43. The van der Waals surface area contributed by atoms with E-state index in [0.717, 1.165) is 37.2 Å². The molecule has 168 valence electrons. The predicted molar refractivity (Wildman–Crippen MR) is 124 cm³/mol. The van der Waals surface area contributed by atoms with E-state index in [-0.39, 0.29) is 6.17 Å². The van der Waals surface area contributed by atoms with Crippen molar-refractivity contribution in [1.82, 2.24) is 14.9 Å². The van der Waals surface area contributed by atoms with Gasteiger partial charge in [0.2, 0.25) is 10.0 Å². The Bertz CT molecular complexity index is 1040. The Labute approximate surface area is 186 Å². The van der Waals surface area contributed by atoms with Gasteiger partial charge < -0.3 is 9.64 Å². The topological polar surface area (TPSA) is 70.7 Å². The Morgan fingerprint density at radius 3 is 2.84 bits per heavy atom. The first-order valence-corrected chi connectivity index (χ1v) is 12.9. The Kier molecular flexibility index (Phi) is 6.67. The number of hydrogen-bond acceptors (Lipinski definition) is 5. The molecule has 2 aliphatic rings. The third-order valence-electron chi connectivity index (χ3n) is 6.47. The molecule has 1 aliphatic carbocycles. The molecule has 0 fully saturated rings. The maximum atomic E-state index is 11.6. The van der Waals surface area contributed by atoms with E-state index in [1.54, 1.807) is 7.11 Å². The van der Waals surface area contributed by atoms with Gasteiger partial charge in [-0.05, 0) is 72.5 Å². The predicted octanol–water partition coefficient (Wildman–Crippen LogP) is 2.94. The average molecular weight is 444 g/mol. The molecule has 0 amide bonds. The molecule has 0 aromatic heterocycles. The highest BCUT2D eigenvalue weighted by atomic mass is 32.2. The average Bonchev–Trinajstić information content (AvgIpc) is 3.12. The van der Waals surface area contributed by atoms with E-state index in [1.165, 1.54) is 41.4 Å². The highest BCUT2D eigenvalue weighted by Crippen LogP contribution is 2.37. The summed E-state index contributed by atoms with van der Waals surface area (Å²) in [5, 5.41) is 3.23. The Balaban J connectivity index is 1.36. The highest BCUT2D eigenvalue weighted by molar-refractivity contribution is 7.88. The monoisotopic (exact) mass is 443 g/mol. The molecule has 1 unspecified atom stereocenters. The van der Waals surface area contributed by atoms with Crippen LogP contribution < -0.4 is 14.8 Å². The van der Waals surface area contributed by atoms with Crippen molar-refractivity contribution in [1.29, 1.82) is 0 Å². The van der Waals surface area contributed by atoms with Gasteiger partial charge in [-0.15, -0.1) is 0 Å².